The van der Waals surface area contributed by atoms with Crippen LogP contribution in [0.4, 0.5) is 0 Å². The van der Waals surface area contributed by atoms with E-state index < -0.39 is 18.0 Å². The van der Waals surface area contributed by atoms with Crippen LogP contribution in [-0.2, 0) is 10.1 Å². The Hall–Kier alpha value is -1.78. The molecule has 0 aromatic heterocycles. The number of benzene rings is 4. The largest absolute Gasteiger partial charge is 1.00 e. The second-order valence-corrected chi connectivity index (χ2v) is 10.1. The van der Waals surface area contributed by atoms with Gasteiger partial charge in [-0.2, -0.15) is 0 Å². The molecule has 0 atom stereocenters. The molecule has 4 rings (SSSR count). The Balaban J connectivity index is 0.00000256. The molecular weight excluding hydrogens is 422 g/mol. The molecule has 0 bridgehead atoms. The summed E-state index contributed by atoms with van der Waals surface area (Å²) in [5.41, 5.74) is 1.84. The van der Waals surface area contributed by atoms with Gasteiger partial charge in [-0.3, -0.25) is 0 Å². The van der Waals surface area contributed by atoms with Crippen LogP contribution in [0, 0.1) is 0 Å². The van der Waals surface area contributed by atoms with Crippen molar-refractivity contribution in [1.29, 1.82) is 0 Å². The average Bonchev–Trinajstić information content (AvgIpc) is 2.76. The molecule has 0 heterocycles. The summed E-state index contributed by atoms with van der Waals surface area (Å²) < 4.78 is 33.3. The Morgan fingerprint density at radius 2 is 0.900 bits per heavy atom. The van der Waals surface area contributed by atoms with E-state index in [0.29, 0.717) is 0 Å². The molecule has 3 nitrogen and oxygen atoms in total. The van der Waals surface area contributed by atoms with Crippen LogP contribution < -0.4 is 45.5 Å². The van der Waals surface area contributed by atoms with Crippen molar-refractivity contribution >= 4 is 34.0 Å². The minimum atomic E-state index is -4.43. The van der Waals surface area contributed by atoms with Gasteiger partial charge in [-0.15, -0.1) is 0 Å². The van der Waals surface area contributed by atoms with Crippen molar-refractivity contribution in [1.82, 2.24) is 0 Å². The molecule has 4 aromatic carbocycles. The molecule has 0 unspecified atom stereocenters. The summed E-state index contributed by atoms with van der Waals surface area (Å²) in [5.74, 6) is 0. The SMILES string of the molecule is O=S(=O)([O-])c1ccc(-c2ccc(P(c3ccccc3)c3ccccc3)cc2)cc1.[Na+]. The van der Waals surface area contributed by atoms with Gasteiger partial charge in [0.1, 0.15) is 10.1 Å². The van der Waals surface area contributed by atoms with Gasteiger partial charge in [0.05, 0.1) is 4.90 Å². The molecule has 0 aliphatic heterocycles. The Morgan fingerprint density at radius 1 is 0.533 bits per heavy atom. The first-order valence-corrected chi connectivity index (χ1v) is 11.8. The van der Waals surface area contributed by atoms with Crippen LogP contribution in [0.15, 0.2) is 114 Å². The summed E-state index contributed by atoms with van der Waals surface area (Å²) in [5, 5.41) is 3.80. The summed E-state index contributed by atoms with van der Waals surface area (Å²) in [7, 11) is -5.10. The van der Waals surface area contributed by atoms with Crippen molar-refractivity contribution in [2.24, 2.45) is 0 Å². The topological polar surface area (TPSA) is 57.2 Å². The van der Waals surface area contributed by atoms with Crippen LogP contribution in [0.1, 0.15) is 0 Å². The third-order valence-corrected chi connectivity index (χ3v) is 7.92. The maximum atomic E-state index is 11.1. The van der Waals surface area contributed by atoms with Gasteiger partial charge < -0.3 is 4.55 Å². The van der Waals surface area contributed by atoms with Crippen LogP contribution in [0.25, 0.3) is 11.1 Å². The van der Waals surface area contributed by atoms with E-state index in [0.717, 1.165) is 11.1 Å². The molecule has 0 amide bonds. The van der Waals surface area contributed by atoms with Crippen LogP contribution in [0.3, 0.4) is 0 Å². The van der Waals surface area contributed by atoms with Gasteiger partial charge in [0, 0.05) is 0 Å². The standard InChI is InChI=1S/C24H19O3PS.Na/c25-29(26,27)24-17-13-20(14-18-24)19-11-15-23(16-12-19)28(21-7-3-1-4-8-21)22-9-5-2-6-10-22;/h1-18H,(H,25,26,27);/q;+1/p-1. The minimum absolute atomic E-state index is 0. The predicted octanol–water partition coefficient (Wildman–Crippen LogP) is 1.02. The van der Waals surface area contributed by atoms with Crippen LogP contribution in [0.2, 0.25) is 0 Å². The second-order valence-electron chi connectivity index (χ2n) is 6.53. The third kappa shape index (κ3) is 5.28. The fraction of sp³-hybridized carbons (Fsp3) is 0. The Labute approximate surface area is 200 Å². The van der Waals surface area contributed by atoms with E-state index >= 15 is 0 Å². The predicted molar refractivity (Wildman–Crippen MR) is 119 cm³/mol. The van der Waals surface area contributed by atoms with E-state index in [4.69, 9.17) is 0 Å². The first-order valence-electron chi connectivity index (χ1n) is 9.09. The summed E-state index contributed by atoms with van der Waals surface area (Å²) in [6.45, 7) is 0. The normalized spacial score (nSPS) is 11.1. The summed E-state index contributed by atoms with van der Waals surface area (Å²) in [6, 6.07) is 35.3. The van der Waals surface area contributed by atoms with Gasteiger partial charge in [-0.05, 0) is 47.1 Å². The second kappa shape index (κ2) is 10.0. The fourth-order valence-corrected chi connectivity index (χ4v) is 5.97. The zero-order valence-corrected chi connectivity index (χ0v) is 20.2. The summed E-state index contributed by atoms with van der Waals surface area (Å²) in [6.07, 6.45) is 0. The van der Waals surface area contributed by atoms with Crippen molar-refractivity contribution < 1.29 is 42.5 Å². The molecule has 0 radical (unpaired) electrons. The Bertz CT molecular complexity index is 1160. The minimum Gasteiger partial charge on any atom is -0.744 e. The zero-order valence-electron chi connectivity index (χ0n) is 16.5. The van der Waals surface area contributed by atoms with Crippen molar-refractivity contribution in [3.05, 3.63) is 109 Å². The van der Waals surface area contributed by atoms with Gasteiger partial charge in [-0.25, -0.2) is 8.42 Å². The van der Waals surface area contributed by atoms with E-state index in [1.807, 2.05) is 24.3 Å². The van der Waals surface area contributed by atoms with Crippen molar-refractivity contribution in [3.63, 3.8) is 0 Å². The molecule has 0 saturated carbocycles. The molecule has 0 aliphatic rings. The van der Waals surface area contributed by atoms with Crippen LogP contribution in [0.5, 0.6) is 0 Å². The molecule has 0 N–H and O–H groups in total. The van der Waals surface area contributed by atoms with E-state index in [-0.39, 0.29) is 34.5 Å². The number of rotatable bonds is 5. The molecule has 30 heavy (non-hydrogen) atoms. The molecule has 4 aromatic rings. The van der Waals surface area contributed by atoms with Gasteiger partial charge >= 0.3 is 29.6 Å². The molecular formula is C24H18NaO3PS. The smallest absolute Gasteiger partial charge is 0.744 e. The van der Waals surface area contributed by atoms with E-state index in [1.54, 1.807) is 12.1 Å². The Morgan fingerprint density at radius 3 is 1.30 bits per heavy atom. The van der Waals surface area contributed by atoms with E-state index in [1.165, 1.54) is 28.0 Å². The molecule has 0 aliphatic carbocycles. The third-order valence-electron chi connectivity index (χ3n) is 4.63. The van der Waals surface area contributed by atoms with Crippen LogP contribution in [-0.4, -0.2) is 13.0 Å². The van der Waals surface area contributed by atoms with Crippen LogP contribution >= 0.6 is 7.92 Å². The van der Waals surface area contributed by atoms with Gasteiger partial charge in [0.2, 0.25) is 0 Å². The van der Waals surface area contributed by atoms with Crippen molar-refractivity contribution in [2.45, 2.75) is 4.90 Å². The number of hydrogen-bond acceptors (Lipinski definition) is 3. The zero-order chi connectivity index (χ0) is 20.3. The quantitative estimate of drug-likeness (QED) is 0.265. The van der Waals surface area contributed by atoms with Gasteiger partial charge in [0.15, 0.2) is 0 Å². The molecule has 0 fully saturated rings. The molecule has 144 valence electrons. The average molecular weight is 440 g/mol. The van der Waals surface area contributed by atoms with E-state index in [2.05, 4.69) is 60.7 Å². The molecule has 0 spiro atoms. The monoisotopic (exact) mass is 440 g/mol. The Kier molecular flexibility index (Phi) is 7.65. The number of hydrogen-bond donors (Lipinski definition) is 0. The van der Waals surface area contributed by atoms with Crippen molar-refractivity contribution in [3.8, 4) is 11.1 Å². The van der Waals surface area contributed by atoms with E-state index in [9.17, 15) is 13.0 Å². The van der Waals surface area contributed by atoms with Crippen molar-refractivity contribution in [2.75, 3.05) is 0 Å². The molecule has 6 heteroatoms. The van der Waals surface area contributed by atoms with Gasteiger partial charge in [0.25, 0.3) is 0 Å². The summed E-state index contributed by atoms with van der Waals surface area (Å²) >= 11 is 0. The summed E-state index contributed by atoms with van der Waals surface area (Å²) in [4.78, 5) is -0.213. The maximum Gasteiger partial charge on any atom is 1.00 e. The fourth-order valence-electron chi connectivity index (χ4n) is 3.22. The first kappa shape index (κ1) is 22.9. The van der Waals surface area contributed by atoms with Gasteiger partial charge in [-0.1, -0.05) is 97.1 Å². The molecule has 0 saturated heterocycles. The maximum absolute atomic E-state index is 11.1. The first-order chi connectivity index (χ1) is 14.0.